The molecule has 2 N–H and O–H groups in total. The number of nitrogens with one attached hydrogen (secondary N) is 1. The van der Waals surface area contributed by atoms with Gasteiger partial charge < -0.3 is 15.0 Å². The predicted octanol–water partition coefficient (Wildman–Crippen LogP) is 7.40. The molecule has 0 bridgehead atoms. The first-order chi connectivity index (χ1) is 15.5. The van der Waals surface area contributed by atoms with Crippen LogP contribution in [0.5, 0.6) is 5.88 Å². The molecule has 1 aromatic heterocycles. The van der Waals surface area contributed by atoms with E-state index in [0.717, 1.165) is 39.7 Å². The van der Waals surface area contributed by atoms with Crippen molar-refractivity contribution in [2.75, 3.05) is 5.32 Å². The number of anilines is 1. The summed E-state index contributed by atoms with van der Waals surface area (Å²) in [6.07, 6.45) is 0.875. The fourth-order valence-electron chi connectivity index (χ4n) is 3.76. The number of hydrogen-bond donors (Lipinski definition) is 2. The lowest BCUT2D eigenvalue weighted by Crippen LogP contribution is -2.08. The molecular formula is C25H23ClN4OS. The van der Waals surface area contributed by atoms with Gasteiger partial charge in [0.25, 0.3) is 0 Å². The zero-order chi connectivity index (χ0) is 22.7. The van der Waals surface area contributed by atoms with E-state index in [1.165, 1.54) is 0 Å². The highest BCUT2D eigenvalue weighted by atomic mass is 35.5. The zero-order valence-corrected chi connectivity index (χ0v) is 19.4. The summed E-state index contributed by atoms with van der Waals surface area (Å²) in [5.74, 6) is 0.0165. The molecule has 162 valence electrons. The molecule has 0 aliphatic carbocycles. The molecule has 1 heterocycles. The van der Waals surface area contributed by atoms with Gasteiger partial charge in [0, 0.05) is 16.1 Å². The number of nitrogens with zero attached hydrogens (tertiary/aromatic N) is 3. The molecule has 0 fully saturated rings. The number of benzene rings is 3. The number of aromatic hydroxyl groups is 1. The number of azo groups is 1. The number of aromatic nitrogens is 1. The van der Waals surface area contributed by atoms with Crippen LogP contribution in [0.15, 0.2) is 77.0 Å². The Balaban J connectivity index is 1.67. The summed E-state index contributed by atoms with van der Waals surface area (Å²) in [7, 11) is 0. The summed E-state index contributed by atoms with van der Waals surface area (Å²) in [5.41, 5.74) is 5.30. The van der Waals surface area contributed by atoms with Crippen molar-refractivity contribution in [3.63, 3.8) is 0 Å². The van der Waals surface area contributed by atoms with Crippen LogP contribution >= 0.6 is 23.8 Å². The van der Waals surface area contributed by atoms with E-state index in [2.05, 4.69) is 28.5 Å². The largest absolute Gasteiger partial charge is 0.493 e. The molecular weight excluding hydrogens is 440 g/mol. The summed E-state index contributed by atoms with van der Waals surface area (Å²) >= 11 is 11.8. The van der Waals surface area contributed by atoms with Crippen molar-refractivity contribution in [1.29, 1.82) is 0 Å². The first kappa shape index (κ1) is 22.0. The van der Waals surface area contributed by atoms with Crippen LogP contribution in [-0.4, -0.2) is 14.8 Å². The molecule has 0 saturated heterocycles. The lowest BCUT2D eigenvalue weighted by Gasteiger charge is -2.12. The third kappa shape index (κ3) is 4.38. The number of fused-ring (bicyclic) bond motifs is 1. The van der Waals surface area contributed by atoms with Crippen LogP contribution in [0.3, 0.4) is 0 Å². The van der Waals surface area contributed by atoms with Crippen LogP contribution in [0.4, 0.5) is 11.4 Å². The molecule has 4 aromatic rings. The summed E-state index contributed by atoms with van der Waals surface area (Å²) in [5, 5.41) is 24.4. The monoisotopic (exact) mass is 462 g/mol. The molecule has 0 amide bonds. The predicted molar refractivity (Wildman–Crippen MR) is 135 cm³/mol. The zero-order valence-electron chi connectivity index (χ0n) is 17.8. The third-order valence-corrected chi connectivity index (χ3v) is 5.97. The van der Waals surface area contributed by atoms with Gasteiger partial charge in [-0.15, -0.1) is 10.2 Å². The van der Waals surface area contributed by atoms with Gasteiger partial charge in [0.1, 0.15) is 0 Å². The molecule has 0 unspecified atom stereocenters. The number of hydrogen-bond acceptors (Lipinski definition) is 3. The van der Waals surface area contributed by atoms with Crippen LogP contribution < -0.4 is 5.32 Å². The Hall–Kier alpha value is -3.22. The van der Waals surface area contributed by atoms with Crippen LogP contribution in [0.2, 0.25) is 5.02 Å². The van der Waals surface area contributed by atoms with Crippen LogP contribution in [0.25, 0.3) is 10.9 Å². The molecule has 0 aliphatic rings. The third-order valence-electron chi connectivity index (χ3n) is 5.42. The van der Waals surface area contributed by atoms with Crippen LogP contribution in [-0.2, 0) is 13.0 Å². The number of thiocarbonyl (C=S) groups is 1. The van der Waals surface area contributed by atoms with Gasteiger partial charge >= 0.3 is 0 Å². The van der Waals surface area contributed by atoms with E-state index in [-0.39, 0.29) is 11.0 Å². The Kier molecular flexibility index (Phi) is 6.53. The number of rotatable bonds is 5. The van der Waals surface area contributed by atoms with Gasteiger partial charge in [-0.3, -0.25) is 0 Å². The topological polar surface area (TPSA) is 61.9 Å². The summed E-state index contributed by atoms with van der Waals surface area (Å²) in [6.45, 7) is 4.53. The lowest BCUT2D eigenvalue weighted by molar-refractivity contribution is 0.429. The van der Waals surface area contributed by atoms with E-state index in [0.29, 0.717) is 17.3 Å². The minimum atomic E-state index is 0.0165. The standard InChI is InChI=1S/C25H23ClN4OS/c1-3-17-11-8-9-16(2)22(17)27-25(32)29-28-23-19-12-5-7-14-21(19)30(24(23)31)15-18-10-4-6-13-20(18)26/h4-14,31H,3,15H2,1-2H3,(H,27,32). The van der Waals surface area contributed by atoms with E-state index in [9.17, 15) is 5.11 Å². The maximum Gasteiger partial charge on any atom is 0.221 e. The Morgan fingerprint density at radius 3 is 2.53 bits per heavy atom. The number of para-hydroxylation sites is 2. The van der Waals surface area contributed by atoms with Crippen LogP contribution in [0, 0.1) is 6.92 Å². The molecule has 0 saturated carbocycles. The molecule has 3 aromatic carbocycles. The lowest BCUT2D eigenvalue weighted by atomic mass is 10.1. The Labute approximate surface area is 197 Å². The second-order valence-corrected chi connectivity index (χ2v) is 8.25. The molecule has 0 radical (unpaired) electrons. The van der Waals surface area contributed by atoms with E-state index < -0.39 is 0 Å². The van der Waals surface area contributed by atoms with Gasteiger partial charge in [-0.05, 0) is 54.4 Å². The molecule has 7 heteroatoms. The molecule has 0 atom stereocenters. The molecule has 4 rings (SSSR count). The first-order valence-electron chi connectivity index (χ1n) is 10.3. The van der Waals surface area contributed by atoms with Gasteiger partial charge in [0.05, 0.1) is 12.1 Å². The van der Waals surface area contributed by atoms with E-state index in [4.69, 9.17) is 23.8 Å². The quantitative estimate of drug-likeness (QED) is 0.240. The fourth-order valence-corrected chi connectivity index (χ4v) is 4.09. The normalized spacial score (nSPS) is 11.3. The van der Waals surface area contributed by atoms with Gasteiger partial charge in [-0.2, -0.15) is 0 Å². The summed E-state index contributed by atoms with van der Waals surface area (Å²) < 4.78 is 1.78. The highest BCUT2D eigenvalue weighted by molar-refractivity contribution is 7.80. The van der Waals surface area contributed by atoms with Crippen molar-refractivity contribution in [3.8, 4) is 5.88 Å². The molecule has 0 spiro atoms. The average molecular weight is 463 g/mol. The van der Waals surface area contributed by atoms with Crippen molar-refractivity contribution in [1.82, 2.24) is 4.57 Å². The SMILES string of the molecule is CCc1cccc(C)c1NC(=S)N=Nc1c(O)n(Cc2ccccc2Cl)c2ccccc12. The van der Waals surface area contributed by atoms with Gasteiger partial charge in [-0.25, -0.2) is 0 Å². The van der Waals surface area contributed by atoms with E-state index in [1.54, 1.807) is 4.57 Å². The van der Waals surface area contributed by atoms with Crippen molar-refractivity contribution in [3.05, 3.63) is 88.4 Å². The maximum atomic E-state index is 11.0. The van der Waals surface area contributed by atoms with Crippen molar-refractivity contribution >= 4 is 51.2 Å². The summed E-state index contributed by atoms with van der Waals surface area (Å²) in [6, 6.07) is 21.3. The highest BCUT2D eigenvalue weighted by Gasteiger charge is 2.17. The first-order valence-corrected chi connectivity index (χ1v) is 11.1. The smallest absolute Gasteiger partial charge is 0.221 e. The highest BCUT2D eigenvalue weighted by Crippen LogP contribution is 2.39. The minimum absolute atomic E-state index is 0.0165. The Bertz CT molecular complexity index is 1330. The fraction of sp³-hybridized carbons (Fsp3) is 0.160. The second-order valence-electron chi connectivity index (χ2n) is 7.46. The van der Waals surface area contributed by atoms with Gasteiger partial charge in [0.15, 0.2) is 5.69 Å². The van der Waals surface area contributed by atoms with Gasteiger partial charge in [-0.1, -0.05) is 73.1 Å². The van der Waals surface area contributed by atoms with Gasteiger partial charge in [0.2, 0.25) is 11.0 Å². The van der Waals surface area contributed by atoms with Crippen molar-refractivity contribution in [2.45, 2.75) is 26.8 Å². The van der Waals surface area contributed by atoms with E-state index >= 15 is 0 Å². The van der Waals surface area contributed by atoms with Crippen molar-refractivity contribution < 1.29 is 5.11 Å². The van der Waals surface area contributed by atoms with Crippen molar-refractivity contribution in [2.24, 2.45) is 10.2 Å². The number of aryl methyl sites for hydroxylation is 2. The second kappa shape index (κ2) is 9.51. The Morgan fingerprint density at radius 2 is 1.75 bits per heavy atom. The molecule has 5 nitrogen and oxygen atoms in total. The van der Waals surface area contributed by atoms with Crippen LogP contribution in [0.1, 0.15) is 23.6 Å². The maximum absolute atomic E-state index is 11.0. The van der Waals surface area contributed by atoms with E-state index in [1.807, 2.05) is 67.6 Å². The average Bonchev–Trinajstić information content (AvgIpc) is 3.06. The minimum Gasteiger partial charge on any atom is -0.493 e. The Morgan fingerprint density at radius 1 is 1.03 bits per heavy atom. The number of halogens is 1. The molecule has 0 aliphatic heterocycles. The summed E-state index contributed by atoms with van der Waals surface area (Å²) in [4.78, 5) is 0. The molecule has 32 heavy (non-hydrogen) atoms.